The highest BCUT2D eigenvalue weighted by Crippen LogP contribution is 2.42. The van der Waals surface area contributed by atoms with Gasteiger partial charge in [0.1, 0.15) is 29.9 Å². The molecule has 1 fully saturated rings. The van der Waals surface area contributed by atoms with Crippen LogP contribution in [-0.4, -0.2) is 75.6 Å². The van der Waals surface area contributed by atoms with Crippen molar-refractivity contribution in [1.82, 2.24) is 15.2 Å². The lowest BCUT2D eigenvalue weighted by atomic mass is 10.0. The van der Waals surface area contributed by atoms with E-state index >= 15 is 0 Å². The zero-order valence-electron chi connectivity index (χ0n) is 20.0. The fraction of sp³-hybridized carbons (Fsp3) is 0.333. The van der Waals surface area contributed by atoms with E-state index in [1.54, 1.807) is 17.6 Å². The van der Waals surface area contributed by atoms with Crippen LogP contribution in [0.1, 0.15) is 11.4 Å². The van der Waals surface area contributed by atoms with Gasteiger partial charge < -0.3 is 25.7 Å². The molecule has 0 aromatic carbocycles. The van der Waals surface area contributed by atoms with E-state index in [2.05, 4.69) is 15.5 Å². The van der Waals surface area contributed by atoms with Crippen molar-refractivity contribution in [3.05, 3.63) is 40.3 Å². The van der Waals surface area contributed by atoms with E-state index in [1.807, 2.05) is 6.92 Å². The van der Waals surface area contributed by atoms with Gasteiger partial charge in [0.05, 0.1) is 12.0 Å². The van der Waals surface area contributed by atoms with Gasteiger partial charge in [-0.15, -0.1) is 34.9 Å². The van der Waals surface area contributed by atoms with E-state index in [-0.39, 0.29) is 22.2 Å². The first kappa shape index (κ1) is 26.6. The SMILES string of the molecule is CO/N=C(\C(=O)NC1C(=O)N2C(C(=O)O)=C(CSc3cc[n+](N)c(C)c3OC)CS[C@@H]12)c1csc(N)n1. The quantitative estimate of drug-likeness (QED) is 0.0794. The number of aromatic nitrogens is 2. The van der Waals surface area contributed by atoms with E-state index in [0.29, 0.717) is 28.5 Å². The van der Waals surface area contributed by atoms with Gasteiger partial charge in [-0.2, -0.15) is 0 Å². The first-order valence-corrected chi connectivity index (χ1v) is 13.6. The molecule has 1 unspecified atom stereocenters. The van der Waals surface area contributed by atoms with Gasteiger partial charge in [-0.05, 0) is 5.57 Å². The minimum Gasteiger partial charge on any atom is -0.490 e. The number of nitrogens with two attached hydrogens (primary N) is 2. The number of nitrogen functional groups attached to an aromatic ring is 2. The van der Waals surface area contributed by atoms with Crippen LogP contribution < -0.4 is 26.3 Å². The zero-order chi connectivity index (χ0) is 26.9. The molecule has 4 heterocycles. The molecular weight excluding hydrogens is 542 g/mol. The smallest absolute Gasteiger partial charge is 0.352 e. The van der Waals surface area contributed by atoms with Crippen LogP contribution in [0.25, 0.3) is 0 Å². The largest absolute Gasteiger partial charge is 0.490 e. The number of hydrogen-bond donors (Lipinski definition) is 4. The highest BCUT2D eigenvalue weighted by Gasteiger charge is 2.54. The number of rotatable bonds is 9. The van der Waals surface area contributed by atoms with Crippen molar-refractivity contribution in [2.75, 3.05) is 37.3 Å². The van der Waals surface area contributed by atoms with E-state index in [0.717, 1.165) is 16.2 Å². The lowest BCUT2D eigenvalue weighted by Gasteiger charge is -2.49. The Kier molecular flexibility index (Phi) is 7.79. The number of ether oxygens (including phenoxy) is 1. The third-order valence-corrected chi connectivity index (χ3v) is 8.77. The maximum atomic E-state index is 13.0. The molecule has 2 amide bonds. The first-order valence-electron chi connectivity index (χ1n) is 10.7. The molecule has 0 aliphatic carbocycles. The molecule has 0 radical (unpaired) electrons. The number of thioether (sulfide) groups is 2. The molecule has 196 valence electrons. The molecule has 2 atom stereocenters. The van der Waals surface area contributed by atoms with Crippen LogP contribution in [0.15, 0.2) is 39.0 Å². The van der Waals surface area contributed by atoms with Gasteiger partial charge in [0.25, 0.3) is 17.5 Å². The number of carbonyl (C=O) groups excluding carboxylic acids is 2. The van der Waals surface area contributed by atoms with Crippen molar-refractivity contribution < 1.29 is 33.7 Å². The Labute approximate surface area is 223 Å². The van der Waals surface area contributed by atoms with Crippen LogP contribution in [0.2, 0.25) is 0 Å². The van der Waals surface area contributed by atoms with Crippen molar-refractivity contribution in [2.24, 2.45) is 5.16 Å². The zero-order valence-corrected chi connectivity index (χ0v) is 22.4. The number of methoxy groups -OCH3 is 1. The molecule has 0 bridgehead atoms. The summed E-state index contributed by atoms with van der Waals surface area (Å²) in [5.41, 5.74) is 6.94. The number of aliphatic carboxylic acids is 1. The molecule has 4 rings (SSSR count). The summed E-state index contributed by atoms with van der Waals surface area (Å²) in [4.78, 5) is 48.9. The van der Waals surface area contributed by atoms with Gasteiger partial charge in [-0.1, -0.05) is 9.83 Å². The van der Waals surface area contributed by atoms with Crippen molar-refractivity contribution in [1.29, 1.82) is 0 Å². The number of pyridine rings is 1. The third-order valence-electron chi connectivity index (χ3n) is 5.63. The summed E-state index contributed by atoms with van der Waals surface area (Å²) < 4.78 is 6.90. The Morgan fingerprint density at radius 3 is 2.81 bits per heavy atom. The minimum absolute atomic E-state index is 0.0784. The van der Waals surface area contributed by atoms with E-state index in [9.17, 15) is 19.5 Å². The fourth-order valence-corrected chi connectivity index (χ4v) is 6.96. The molecule has 1 saturated heterocycles. The summed E-state index contributed by atoms with van der Waals surface area (Å²) in [6.45, 7) is 1.81. The first-order chi connectivity index (χ1) is 17.7. The highest BCUT2D eigenvalue weighted by molar-refractivity contribution is 8.01. The number of thiazole rings is 1. The maximum absolute atomic E-state index is 13.0. The Morgan fingerprint density at radius 1 is 1.43 bits per heavy atom. The van der Waals surface area contributed by atoms with Gasteiger partial charge in [0.15, 0.2) is 10.8 Å². The summed E-state index contributed by atoms with van der Waals surface area (Å²) in [5, 5.41) is 17.5. The number of carboxylic acids is 1. The maximum Gasteiger partial charge on any atom is 0.352 e. The van der Waals surface area contributed by atoms with Gasteiger partial charge in [0.2, 0.25) is 11.9 Å². The molecule has 2 aliphatic heterocycles. The number of β-lactam (4-membered cyclic amide) rings is 1. The van der Waals surface area contributed by atoms with Crippen molar-refractivity contribution in [3.8, 4) is 5.75 Å². The second-order valence-corrected chi connectivity index (χ2v) is 10.8. The Morgan fingerprint density at radius 2 is 2.19 bits per heavy atom. The average Bonchev–Trinajstić information content (AvgIpc) is 3.31. The van der Waals surface area contributed by atoms with Crippen molar-refractivity contribution in [3.63, 3.8) is 0 Å². The predicted octanol–water partition coefficient (Wildman–Crippen LogP) is -0.0750. The monoisotopic (exact) mass is 566 g/mol. The number of oxime groups is 1. The molecule has 2 aliphatic rings. The minimum atomic E-state index is -1.21. The van der Waals surface area contributed by atoms with Gasteiger partial charge in [-0.3, -0.25) is 14.5 Å². The van der Waals surface area contributed by atoms with Gasteiger partial charge in [0, 0.05) is 29.9 Å². The lowest BCUT2D eigenvalue weighted by Crippen LogP contribution is -2.71. The van der Waals surface area contributed by atoms with Crippen molar-refractivity contribution >= 4 is 63.5 Å². The number of nitrogens with one attached hydrogen (secondary N) is 1. The summed E-state index contributed by atoms with van der Waals surface area (Å²) in [6.07, 6.45) is 1.69. The second kappa shape index (κ2) is 10.9. The molecule has 13 nitrogen and oxygen atoms in total. The summed E-state index contributed by atoms with van der Waals surface area (Å²) in [5.74, 6) is 4.73. The molecular formula is C21H24N7O6S3+. The number of nitrogens with zero attached hydrogens (tertiary/aromatic N) is 4. The highest BCUT2D eigenvalue weighted by atomic mass is 32.2. The molecule has 6 N–H and O–H groups in total. The fourth-order valence-electron chi connectivity index (χ4n) is 3.85. The Balaban J connectivity index is 1.51. The van der Waals surface area contributed by atoms with Crippen LogP contribution >= 0.6 is 34.9 Å². The van der Waals surface area contributed by atoms with E-state index in [4.69, 9.17) is 21.2 Å². The summed E-state index contributed by atoms with van der Waals surface area (Å²) in [7, 11) is 2.81. The van der Waals surface area contributed by atoms with Crippen LogP contribution in [-0.2, 0) is 19.2 Å². The topological polar surface area (TPSA) is 186 Å². The summed E-state index contributed by atoms with van der Waals surface area (Å²) in [6, 6.07) is 0.849. The number of carboxylic acid groups (broad SMARTS) is 1. The average molecular weight is 567 g/mol. The van der Waals surface area contributed by atoms with Crippen LogP contribution in [0.3, 0.4) is 0 Å². The molecule has 2 aromatic heterocycles. The Bertz CT molecular complexity index is 1330. The lowest BCUT2D eigenvalue weighted by molar-refractivity contribution is -0.646. The number of fused-ring (bicyclic) bond motifs is 1. The molecule has 2 aromatic rings. The number of amides is 2. The molecule has 0 saturated carbocycles. The second-order valence-electron chi connectivity index (χ2n) is 7.81. The van der Waals surface area contributed by atoms with Crippen LogP contribution in [0.5, 0.6) is 5.75 Å². The molecule has 37 heavy (non-hydrogen) atoms. The van der Waals surface area contributed by atoms with Crippen LogP contribution in [0, 0.1) is 6.92 Å². The van der Waals surface area contributed by atoms with Crippen LogP contribution in [0.4, 0.5) is 5.13 Å². The van der Waals surface area contributed by atoms with E-state index < -0.39 is 29.2 Å². The van der Waals surface area contributed by atoms with Gasteiger partial charge >= 0.3 is 5.97 Å². The number of hydrogen-bond acceptors (Lipinski definition) is 12. The standard InChI is InChI=1S/C21H23N7O6S3/c1-9-16(33-2)12(4-5-27(9)23)35-6-10-7-36-19-14(18(30)28(19)15(10)20(31)32)25-17(29)13(26-34-3)11-8-37-21(22)24-11/h4-5,8,14,19H,6-7,23H2,1-3H3,(H3-,22,24,25,29,31,32)/p+1/b26-13-/t14?,19-/m0/s1. The molecule has 16 heteroatoms. The predicted molar refractivity (Wildman–Crippen MR) is 139 cm³/mol. The van der Waals surface area contributed by atoms with E-state index in [1.165, 1.54) is 47.3 Å². The van der Waals surface area contributed by atoms with Gasteiger partial charge in [-0.25, -0.2) is 15.6 Å². The normalized spacial score (nSPS) is 19.3. The third kappa shape index (κ3) is 5.03. The molecule has 0 spiro atoms. The number of carbonyl (C=O) groups is 3. The van der Waals surface area contributed by atoms with Crippen molar-refractivity contribution in [2.45, 2.75) is 23.2 Å². The Hall–Kier alpha value is -3.50. The number of anilines is 1. The summed E-state index contributed by atoms with van der Waals surface area (Å²) >= 11 is 3.88.